The van der Waals surface area contributed by atoms with E-state index >= 15 is 0 Å². The number of benzene rings is 1. The van der Waals surface area contributed by atoms with E-state index in [0.29, 0.717) is 6.29 Å². The average Bonchev–Trinajstić information content (AvgIpc) is 2.47. The summed E-state index contributed by atoms with van der Waals surface area (Å²) in [4.78, 5) is 35.2. The second kappa shape index (κ2) is 8.07. The molecule has 0 bridgehead atoms. The van der Waals surface area contributed by atoms with Gasteiger partial charge in [-0.15, -0.1) is 0 Å². The van der Waals surface area contributed by atoms with Crippen LogP contribution in [-0.4, -0.2) is 31.4 Å². The summed E-state index contributed by atoms with van der Waals surface area (Å²) >= 11 is 0. The molecular formula is C16H17FO5. The second-order valence-corrected chi connectivity index (χ2v) is 4.27. The third-order valence-electron chi connectivity index (χ3n) is 2.88. The minimum atomic E-state index is -1.47. The van der Waals surface area contributed by atoms with Crippen molar-refractivity contribution in [3.05, 3.63) is 41.5 Å². The van der Waals surface area contributed by atoms with Crippen molar-refractivity contribution in [3.63, 3.8) is 0 Å². The van der Waals surface area contributed by atoms with Gasteiger partial charge in [-0.05, 0) is 19.4 Å². The maximum absolute atomic E-state index is 13.7. The molecule has 0 aliphatic heterocycles. The van der Waals surface area contributed by atoms with Crippen molar-refractivity contribution in [3.8, 4) is 0 Å². The molecule has 0 heterocycles. The molecule has 0 spiro atoms. The molecular weight excluding hydrogens is 291 g/mol. The first-order valence-corrected chi connectivity index (χ1v) is 6.74. The van der Waals surface area contributed by atoms with Crippen molar-refractivity contribution >= 4 is 24.1 Å². The number of halogens is 1. The van der Waals surface area contributed by atoms with Gasteiger partial charge in [-0.2, -0.15) is 0 Å². The van der Waals surface area contributed by atoms with Crippen LogP contribution in [-0.2, 0) is 19.1 Å². The normalized spacial score (nSPS) is 10.2. The highest BCUT2D eigenvalue weighted by Gasteiger charge is 2.34. The maximum Gasteiger partial charge on any atom is 0.324 e. The Morgan fingerprint density at radius 2 is 1.77 bits per heavy atom. The van der Waals surface area contributed by atoms with Gasteiger partial charge in [0.05, 0.1) is 13.2 Å². The Morgan fingerprint density at radius 3 is 2.18 bits per heavy atom. The molecule has 0 amide bonds. The van der Waals surface area contributed by atoms with E-state index in [9.17, 15) is 18.8 Å². The molecule has 0 atom stereocenters. The van der Waals surface area contributed by atoms with E-state index in [1.54, 1.807) is 13.8 Å². The van der Waals surface area contributed by atoms with Crippen LogP contribution >= 0.6 is 0 Å². The molecule has 0 saturated heterocycles. The van der Waals surface area contributed by atoms with Gasteiger partial charge in [0.15, 0.2) is 12.2 Å². The molecule has 0 aromatic heterocycles. The molecule has 0 aliphatic rings. The van der Waals surface area contributed by atoms with Crippen LogP contribution in [0, 0.1) is 0 Å². The molecule has 0 radical (unpaired) electrons. The van der Waals surface area contributed by atoms with Crippen molar-refractivity contribution in [1.82, 2.24) is 0 Å². The molecule has 0 aliphatic carbocycles. The lowest BCUT2D eigenvalue weighted by Gasteiger charge is -2.18. The van der Waals surface area contributed by atoms with E-state index in [4.69, 9.17) is 9.47 Å². The molecule has 0 N–H and O–H groups in total. The zero-order chi connectivity index (χ0) is 16.7. The Hall–Kier alpha value is -2.50. The molecule has 0 saturated carbocycles. The van der Waals surface area contributed by atoms with Crippen LogP contribution in [0.25, 0.3) is 5.83 Å². The second-order valence-electron chi connectivity index (χ2n) is 4.27. The summed E-state index contributed by atoms with van der Waals surface area (Å²) in [5.74, 6) is -4.13. The van der Waals surface area contributed by atoms with Crippen LogP contribution in [0.1, 0.15) is 41.3 Å². The Kier molecular flexibility index (Phi) is 6.44. The molecule has 1 rings (SSSR count). The lowest BCUT2D eigenvalue weighted by Crippen LogP contribution is -2.27. The summed E-state index contributed by atoms with van der Waals surface area (Å²) in [5.41, 5.74) is -0.207. The maximum atomic E-state index is 13.7. The monoisotopic (exact) mass is 308 g/mol. The largest absolute Gasteiger partial charge is 0.465 e. The molecule has 0 fully saturated rings. The SMILES string of the molecule is C=C(F)c1c(C=O)cccc1C(C(=O)OCC)C(=O)OCC. The summed E-state index contributed by atoms with van der Waals surface area (Å²) < 4.78 is 23.5. The molecule has 22 heavy (non-hydrogen) atoms. The Morgan fingerprint density at radius 1 is 1.23 bits per heavy atom. The Labute approximate surface area is 127 Å². The summed E-state index contributed by atoms with van der Waals surface area (Å²) in [6.07, 6.45) is 0.428. The summed E-state index contributed by atoms with van der Waals surface area (Å²) in [7, 11) is 0. The van der Waals surface area contributed by atoms with Gasteiger partial charge in [0.25, 0.3) is 0 Å². The van der Waals surface area contributed by atoms with E-state index in [-0.39, 0.29) is 29.9 Å². The number of carbonyl (C=O) groups excluding carboxylic acids is 3. The molecule has 1 aromatic carbocycles. The zero-order valence-electron chi connectivity index (χ0n) is 12.4. The average molecular weight is 308 g/mol. The summed E-state index contributed by atoms with van der Waals surface area (Å²) in [6.45, 7) is 6.42. The van der Waals surface area contributed by atoms with Gasteiger partial charge in [0, 0.05) is 11.1 Å². The van der Waals surface area contributed by atoms with Gasteiger partial charge in [0.1, 0.15) is 5.83 Å². The number of hydrogen-bond acceptors (Lipinski definition) is 5. The minimum Gasteiger partial charge on any atom is -0.465 e. The van der Waals surface area contributed by atoms with Gasteiger partial charge in [0.2, 0.25) is 0 Å². The molecule has 5 nitrogen and oxygen atoms in total. The number of hydrogen-bond donors (Lipinski definition) is 0. The molecule has 118 valence electrons. The van der Waals surface area contributed by atoms with E-state index < -0.39 is 23.7 Å². The van der Waals surface area contributed by atoms with Gasteiger partial charge in [-0.3, -0.25) is 14.4 Å². The number of aldehydes is 1. The fourth-order valence-electron chi connectivity index (χ4n) is 2.04. The van der Waals surface area contributed by atoms with Crippen molar-refractivity contribution in [2.45, 2.75) is 19.8 Å². The Bertz CT molecular complexity index is 576. The molecule has 1 aromatic rings. The lowest BCUT2D eigenvalue weighted by atomic mass is 9.90. The summed E-state index contributed by atoms with van der Waals surface area (Å²) in [6, 6.07) is 4.17. The lowest BCUT2D eigenvalue weighted by molar-refractivity contribution is -0.156. The van der Waals surface area contributed by atoms with E-state index in [0.717, 1.165) is 0 Å². The van der Waals surface area contributed by atoms with Crippen LogP contribution in [0.3, 0.4) is 0 Å². The standard InChI is InChI=1S/C16H17FO5/c1-4-21-15(19)14(16(20)22-5-2)12-8-6-7-11(9-18)13(12)10(3)17/h6-9,14H,3-5H2,1-2H3. The fourth-order valence-corrected chi connectivity index (χ4v) is 2.04. The van der Waals surface area contributed by atoms with Crippen molar-refractivity contribution in [2.75, 3.05) is 13.2 Å². The molecule has 6 heteroatoms. The van der Waals surface area contributed by atoms with Crippen molar-refractivity contribution in [1.29, 1.82) is 0 Å². The van der Waals surface area contributed by atoms with E-state index in [1.165, 1.54) is 18.2 Å². The van der Waals surface area contributed by atoms with Crippen molar-refractivity contribution < 1.29 is 28.2 Å². The highest BCUT2D eigenvalue weighted by Crippen LogP contribution is 2.30. The first kappa shape index (κ1) is 17.6. The fraction of sp³-hybridized carbons (Fsp3) is 0.312. The highest BCUT2D eigenvalue weighted by atomic mass is 19.1. The first-order valence-electron chi connectivity index (χ1n) is 6.74. The zero-order valence-corrected chi connectivity index (χ0v) is 12.4. The van der Waals surface area contributed by atoms with Crippen LogP contribution in [0.15, 0.2) is 24.8 Å². The first-order chi connectivity index (χ1) is 10.5. The summed E-state index contributed by atoms with van der Waals surface area (Å²) in [5, 5.41) is 0. The quantitative estimate of drug-likeness (QED) is 0.440. The van der Waals surface area contributed by atoms with Gasteiger partial charge in [-0.25, -0.2) is 4.39 Å². The smallest absolute Gasteiger partial charge is 0.324 e. The highest BCUT2D eigenvalue weighted by molar-refractivity contribution is 6.02. The topological polar surface area (TPSA) is 69.7 Å². The van der Waals surface area contributed by atoms with Gasteiger partial charge in [-0.1, -0.05) is 24.8 Å². The third kappa shape index (κ3) is 3.78. The van der Waals surface area contributed by atoms with E-state index in [2.05, 4.69) is 6.58 Å². The number of carbonyl (C=O) groups is 3. The van der Waals surface area contributed by atoms with Crippen LogP contribution in [0.2, 0.25) is 0 Å². The van der Waals surface area contributed by atoms with Crippen LogP contribution in [0.4, 0.5) is 4.39 Å². The third-order valence-corrected chi connectivity index (χ3v) is 2.88. The van der Waals surface area contributed by atoms with Gasteiger partial charge < -0.3 is 9.47 Å². The predicted molar refractivity (Wildman–Crippen MR) is 78.0 cm³/mol. The number of ether oxygens (including phenoxy) is 2. The number of esters is 2. The molecule has 0 unspecified atom stereocenters. The van der Waals surface area contributed by atoms with Crippen LogP contribution in [0.5, 0.6) is 0 Å². The number of rotatable bonds is 7. The minimum absolute atomic E-state index is 0.00556. The Balaban J connectivity index is 3.48. The predicted octanol–water partition coefficient (Wildman–Crippen LogP) is 2.65. The van der Waals surface area contributed by atoms with Gasteiger partial charge >= 0.3 is 11.9 Å². The van der Waals surface area contributed by atoms with E-state index in [1.807, 2.05) is 0 Å². The van der Waals surface area contributed by atoms with Crippen LogP contribution < -0.4 is 0 Å². The van der Waals surface area contributed by atoms with Crippen molar-refractivity contribution in [2.24, 2.45) is 0 Å².